The minimum absolute atomic E-state index is 0.120. The van der Waals surface area contributed by atoms with Gasteiger partial charge in [0.2, 0.25) is 10.0 Å². The van der Waals surface area contributed by atoms with Gasteiger partial charge in [0.05, 0.1) is 4.90 Å². The molecule has 1 N–H and O–H groups in total. The largest absolute Gasteiger partial charge is 0.338 e. The van der Waals surface area contributed by atoms with Crippen molar-refractivity contribution >= 4 is 27.7 Å². The number of urea groups is 1. The molecule has 1 saturated heterocycles. The zero-order chi connectivity index (χ0) is 17.6. The van der Waals surface area contributed by atoms with E-state index in [9.17, 15) is 13.2 Å². The molecule has 8 heteroatoms. The Morgan fingerprint density at radius 3 is 2.54 bits per heavy atom. The molecule has 0 bridgehead atoms. The van der Waals surface area contributed by atoms with Crippen molar-refractivity contribution < 1.29 is 13.2 Å². The van der Waals surface area contributed by atoms with Crippen molar-refractivity contribution in [1.29, 1.82) is 0 Å². The van der Waals surface area contributed by atoms with Crippen molar-refractivity contribution in [3.8, 4) is 0 Å². The molecule has 0 saturated carbocycles. The predicted molar refractivity (Wildman–Crippen MR) is 94.7 cm³/mol. The molecule has 2 rings (SSSR count). The third-order valence-electron chi connectivity index (χ3n) is 4.02. The van der Waals surface area contributed by atoms with Gasteiger partial charge in [-0.05, 0) is 24.6 Å². The summed E-state index contributed by atoms with van der Waals surface area (Å²) in [4.78, 5) is 13.9. The summed E-state index contributed by atoms with van der Waals surface area (Å²) in [5, 5.41) is 3.27. The van der Waals surface area contributed by atoms with Gasteiger partial charge in [0.15, 0.2) is 0 Å². The number of hydrogen-bond donors (Lipinski definition) is 1. The molecule has 1 aromatic carbocycles. The molecular weight excluding hydrogens is 350 g/mol. The number of unbranched alkanes of at least 4 members (excludes halogenated alkanes) is 2. The lowest BCUT2D eigenvalue weighted by atomic mass is 10.2. The van der Waals surface area contributed by atoms with Crippen molar-refractivity contribution in [3.05, 3.63) is 29.3 Å². The predicted octanol–water partition coefficient (Wildman–Crippen LogP) is 2.55. The Labute approximate surface area is 148 Å². The Kier molecular flexibility index (Phi) is 6.89. The van der Waals surface area contributed by atoms with E-state index in [1.165, 1.54) is 16.4 Å². The molecule has 134 valence electrons. The zero-order valence-electron chi connectivity index (χ0n) is 13.9. The van der Waals surface area contributed by atoms with Gasteiger partial charge in [0.1, 0.15) is 0 Å². The van der Waals surface area contributed by atoms with Gasteiger partial charge in [-0.3, -0.25) is 0 Å². The van der Waals surface area contributed by atoms with Crippen LogP contribution in [0.5, 0.6) is 0 Å². The van der Waals surface area contributed by atoms with Crippen LogP contribution in [0.1, 0.15) is 26.2 Å². The fourth-order valence-electron chi connectivity index (χ4n) is 2.59. The first kappa shape index (κ1) is 19.0. The summed E-state index contributed by atoms with van der Waals surface area (Å²) < 4.78 is 26.6. The molecule has 1 heterocycles. The van der Waals surface area contributed by atoms with Crippen LogP contribution in [0, 0.1) is 0 Å². The second-order valence-corrected chi connectivity index (χ2v) is 8.16. The van der Waals surface area contributed by atoms with Gasteiger partial charge >= 0.3 is 6.03 Å². The fourth-order valence-corrected chi connectivity index (χ4v) is 4.31. The van der Waals surface area contributed by atoms with Crippen LogP contribution in [0.25, 0.3) is 0 Å². The Balaban J connectivity index is 1.89. The minimum atomic E-state index is -3.57. The van der Waals surface area contributed by atoms with Crippen LogP contribution >= 0.6 is 11.6 Å². The standard InChI is InChI=1S/C16H24ClN3O3S/c1-2-3-4-8-18-16(21)19-9-11-20(12-10-19)24(22,23)15-7-5-6-14(17)13-15/h5-7,13H,2-4,8-12H2,1H3,(H,18,21). The quantitative estimate of drug-likeness (QED) is 0.779. The van der Waals surface area contributed by atoms with E-state index >= 15 is 0 Å². The molecule has 2 amide bonds. The van der Waals surface area contributed by atoms with Crippen molar-refractivity contribution in [1.82, 2.24) is 14.5 Å². The van der Waals surface area contributed by atoms with Gasteiger partial charge in [-0.2, -0.15) is 4.31 Å². The number of carbonyl (C=O) groups is 1. The van der Waals surface area contributed by atoms with E-state index in [1.807, 2.05) is 0 Å². The summed E-state index contributed by atoms with van der Waals surface area (Å²) in [6.45, 7) is 4.13. The summed E-state index contributed by atoms with van der Waals surface area (Å²) in [5.74, 6) is 0. The second kappa shape index (κ2) is 8.69. The SMILES string of the molecule is CCCCCNC(=O)N1CCN(S(=O)(=O)c2cccc(Cl)c2)CC1. The maximum absolute atomic E-state index is 12.6. The number of hydrogen-bond acceptors (Lipinski definition) is 3. The molecule has 1 aliphatic heterocycles. The number of nitrogens with zero attached hydrogens (tertiary/aromatic N) is 2. The van der Waals surface area contributed by atoms with E-state index < -0.39 is 10.0 Å². The van der Waals surface area contributed by atoms with Crippen LogP contribution in [0.2, 0.25) is 5.02 Å². The molecule has 0 atom stereocenters. The van der Waals surface area contributed by atoms with Gasteiger partial charge in [-0.25, -0.2) is 13.2 Å². The Morgan fingerprint density at radius 1 is 1.21 bits per heavy atom. The normalized spacial score (nSPS) is 16.2. The molecule has 1 aliphatic rings. The minimum Gasteiger partial charge on any atom is -0.338 e. The Hall–Kier alpha value is -1.31. The van der Waals surface area contributed by atoms with Crippen LogP contribution in [-0.4, -0.2) is 56.4 Å². The smallest absolute Gasteiger partial charge is 0.317 e. The average Bonchev–Trinajstić information content (AvgIpc) is 2.58. The number of sulfonamides is 1. The van der Waals surface area contributed by atoms with Gasteiger partial charge in [0, 0.05) is 37.7 Å². The molecule has 0 aliphatic carbocycles. The third kappa shape index (κ3) is 4.84. The van der Waals surface area contributed by atoms with E-state index in [0.29, 0.717) is 24.7 Å². The molecule has 0 spiro atoms. The number of rotatable bonds is 6. The van der Waals surface area contributed by atoms with Gasteiger partial charge < -0.3 is 10.2 Å². The van der Waals surface area contributed by atoms with E-state index in [2.05, 4.69) is 12.2 Å². The first-order valence-corrected chi connectivity index (χ1v) is 10.1. The lowest BCUT2D eigenvalue weighted by molar-refractivity contribution is 0.172. The molecule has 6 nitrogen and oxygen atoms in total. The Bertz CT molecular complexity index is 658. The zero-order valence-corrected chi connectivity index (χ0v) is 15.4. The lowest BCUT2D eigenvalue weighted by Gasteiger charge is -2.34. The first-order chi connectivity index (χ1) is 11.4. The molecular formula is C16H24ClN3O3S. The summed E-state index contributed by atoms with van der Waals surface area (Å²) in [7, 11) is -3.57. The highest BCUT2D eigenvalue weighted by Gasteiger charge is 2.30. The van der Waals surface area contributed by atoms with Crippen LogP contribution < -0.4 is 5.32 Å². The summed E-state index contributed by atoms with van der Waals surface area (Å²) in [5.41, 5.74) is 0. The lowest BCUT2D eigenvalue weighted by Crippen LogP contribution is -2.53. The van der Waals surface area contributed by atoms with Crippen LogP contribution in [-0.2, 0) is 10.0 Å². The number of nitrogens with one attached hydrogen (secondary N) is 1. The number of carbonyl (C=O) groups excluding carboxylic acids is 1. The molecule has 0 unspecified atom stereocenters. The van der Waals surface area contributed by atoms with Gasteiger partial charge in [-0.15, -0.1) is 0 Å². The highest BCUT2D eigenvalue weighted by Crippen LogP contribution is 2.20. The van der Waals surface area contributed by atoms with Crippen LogP contribution in [0.15, 0.2) is 29.2 Å². The highest BCUT2D eigenvalue weighted by atomic mass is 35.5. The van der Waals surface area contributed by atoms with E-state index in [-0.39, 0.29) is 24.0 Å². The van der Waals surface area contributed by atoms with E-state index in [1.54, 1.807) is 17.0 Å². The van der Waals surface area contributed by atoms with Crippen molar-refractivity contribution in [2.75, 3.05) is 32.7 Å². The second-order valence-electron chi connectivity index (χ2n) is 5.79. The number of halogens is 1. The average molecular weight is 374 g/mol. The number of benzene rings is 1. The number of piperazine rings is 1. The third-order valence-corrected chi connectivity index (χ3v) is 6.15. The highest BCUT2D eigenvalue weighted by molar-refractivity contribution is 7.89. The van der Waals surface area contributed by atoms with Crippen LogP contribution in [0.3, 0.4) is 0 Å². The topological polar surface area (TPSA) is 69.7 Å². The monoisotopic (exact) mass is 373 g/mol. The molecule has 0 aromatic heterocycles. The first-order valence-electron chi connectivity index (χ1n) is 8.23. The summed E-state index contributed by atoms with van der Waals surface area (Å²) in [6, 6.07) is 6.12. The number of amides is 2. The van der Waals surface area contributed by atoms with Crippen LogP contribution in [0.4, 0.5) is 4.79 Å². The van der Waals surface area contributed by atoms with E-state index in [4.69, 9.17) is 11.6 Å². The maximum atomic E-state index is 12.6. The molecule has 0 radical (unpaired) electrons. The summed E-state index contributed by atoms with van der Waals surface area (Å²) in [6.07, 6.45) is 3.16. The van der Waals surface area contributed by atoms with E-state index in [0.717, 1.165) is 19.3 Å². The maximum Gasteiger partial charge on any atom is 0.317 e. The van der Waals surface area contributed by atoms with Gasteiger partial charge in [-0.1, -0.05) is 37.4 Å². The van der Waals surface area contributed by atoms with Crippen molar-refractivity contribution in [2.24, 2.45) is 0 Å². The molecule has 24 heavy (non-hydrogen) atoms. The van der Waals surface area contributed by atoms with Crippen molar-refractivity contribution in [2.45, 2.75) is 31.1 Å². The molecule has 1 fully saturated rings. The Morgan fingerprint density at radius 2 is 1.92 bits per heavy atom. The van der Waals surface area contributed by atoms with Crippen molar-refractivity contribution in [3.63, 3.8) is 0 Å². The molecule has 1 aromatic rings. The fraction of sp³-hybridized carbons (Fsp3) is 0.562. The van der Waals surface area contributed by atoms with Gasteiger partial charge in [0.25, 0.3) is 0 Å². The summed E-state index contributed by atoms with van der Waals surface area (Å²) >= 11 is 5.88.